The minimum absolute atomic E-state index is 0.0527. The van der Waals surface area contributed by atoms with E-state index in [9.17, 15) is 9.50 Å². The molecule has 2 aromatic rings. The van der Waals surface area contributed by atoms with E-state index in [4.69, 9.17) is 16.3 Å². The predicted octanol–water partition coefficient (Wildman–Crippen LogP) is 4.15. The molecule has 3 nitrogen and oxygen atoms in total. The topological polar surface area (TPSA) is 41.5 Å². The maximum Gasteiger partial charge on any atom is 0.141 e. The molecule has 2 aromatic carbocycles. The molecule has 0 aliphatic carbocycles. The van der Waals surface area contributed by atoms with Gasteiger partial charge in [0.15, 0.2) is 0 Å². The second-order valence-electron chi connectivity index (χ2n) is 4.72. The third kappa shape index (κ3) is 3.65. The highest BCUT2D eigenvalue weighted by atomic mass is 35.5. The molecular formula is C16H17ClFNO2. The molecule has 1 atom stereocenters. The van der Waals surface area contributed by atoms with E-state index < -0.39 is 5.82 Å². The molecule has 0 aliphatic rings. The van der Waals surface area contributed by atoms with E-state index in [1.165, 1.54) is 6.07 Å². The molecule has 0 spiro atoms. The summed E-state index contributed by atoms with van der Waals surface area (Å²) in [6.45, 7) is 1.85. The molecule has 112 valence electrons. The number of nitrogens with one attached hydrogen (secondary N) is 1. The van der Waals surface area contributed by atoms with E-state index in [1.54, 1.807) is 25.3 Å². The van der Waals surface area contributed by atoms with E-state index in [2.05, 4.69) is 5.32 Å². The first kappa shape index (κ1) is 15.6. The van der Waals surface area contributed by atoms with Gasteiger partial charge in [-0.25, -0.2) is 4.39 Å². The van der Waals surface area contributed by atoms with Crippen LogP contribution in [0.1, 0.15) is 24.1 Å². The van der Waals surface area contributed by atoms with Gasteiger partial charge >= 0.3 is 0 Å². The predicted molar refractivity (Wildman–Crippen MR) is 82.4 cm³/mol. The Morgan fingerprint density at radius 3 is 2.67 bits per heavy atom. The van der Waals surface area contributed by atoms with Crippen molar-refractivity contribution < 1.29 is 14.2 Å². The van der Waals surface area contributed by atoms with Crippen LogP contribution in [0, 0.1) is 5.82 Å². The number of methoxy groups -OCH3 is 1. The number of hydrogen-bond acceptors (Lipinski definition) is 3. The minimum Gasteiger partial charge on any atom is -0.496 e. The molecule has 2 N–H and O–H groups in total. The number of hydrogen-bond donors (Lipinski definition) is 2. The Morgan fingerprint density at radius 2 is 2.05 bits per heavy atom. The molecule has 0 bridgehead atoms. The zero-order chi connectivity index (χ0) is 15.4. The SMILES string of the molecule is COc1ccc(NC(C)c2ccc(F)c(Cl)c2)cc1CO. The Morgan fingerprint density at radius 1 is 1.29 bits per heavy atom. The van der Waals surface area contributed by atoms with E-state index in [-0.39, 0.29) is 17.7 Å². The monoisotopic (exact) mass is 309 g/mol. The zero-order valence-electron chi connectivity index (χ0n) is 11.9. The van der Waals surface area contributed by atoms with Gasteiger partial charge in [0.25, 0.3) is 0 Å². The van der Waals surface area contributed by atoms with Crippen LogP contribution in [0.4, 0.5) is 10.1 Å². The lowest BCUT2D eigenvalue weighted by molar-refractivity contribution is 0.274. The van der Waals surface area contributed by atoms with Gasteiger partial charge < -0.3 is 15.2 Å². The van der Waals surface area contributed by atoms with Gasteiger partial charge in [-0.2, -0.15) is 0 Å². The van der Waals surface area contributed by atoms with E-state index in [1.807, 2.05) is 19.1 Å². The second-order valence-corrected chi connectivity index (χ2v) is 5.13. The zero-order valence-corrected chi connectivity index (χ0v) is 12.6. The van der Waals surface area contributed by atoms with Crippen molar-refractivity contribution in [1.29, 1.82) is 0 Å². The van der Waals surface area contributed by atoms with Crippen LogP contribution in [0.2, 0.25) is 5.02 Å². The standard InChI is InChI=1S/C16H17ClFNO2/c1-10(11-3-5-15(18)14(17)8-11)19-13-4-6-16(21-2)12(7-13)9-20/h3-8,10,19-20H,9H2,1-2H3. The normalized spacial score (nSPS) is 12.0. The first-order chi connectivity index (χ1) is 10.0. The highest BCUT2D eigenvalue weighted by Crippen LogP contribution is 2.27. The lowest BCUT2D eigenvalue weighted by Gasteiger charge is -2.17. The summed E-state index contributed by atoms with van der Waals surface area (Å²) < 4.78 is 18.3. The fourth-order valence-corrected chi connectivity index (χ4v) is 2.30. The van der Waals surface area contributed by atoms with Crippen molar-refractivity contribution in [2.24, 2.45) is 0 Å². The smallest absolute Gasteiger partial charge is 0.141 e. The fraction of sp³-hybridized carbons (Fsp3) is 0.250. The number of benzene rings is 2. The van der Waals surface area contributed by atoms with Crippen LogP contribution < -0.4 is 10.1 Å². The van der Waals surface area contributed by atoms with Crippen molar-refractivity contribution in [3.8, 4) is 5.75 Å². The molecule has 5 heteroatoms. The van der Waals surface area contributed by atoms with Gasteiger partial charge in [-0.1, -0.05) is 17.7 Å². The minimum atomic E-state index is -0.431. The maximum atomic E-state index is 13.2. The summed E-state index contributed by atoms with van der Waals surface area (Å²) in [4.78, 5) is 0. The van der Waals surface area contributed by atoms with Crippen molar-refractivity contribution in [1.82, 2.24) is 0 Å². The van der Waals surface area contributed by atoms with E-state index >= 15 is 0 Å². The summed E-state index contributed by atoms with van der Waals surface area (Å²) in [5, 5.41) is 12.7. The molecule has 1 unspecified atom stereocenters. The Bertz CT molecular complexity index is 634. The number of anilines is 1. The van der Waals surface area contributed by atoms with Gasteiger partial charge in [-0.15, -0.1) is 0 Å². The summed E-state index contributed by atoms with van der Waals surface area (Å²) in [6.07, 6.45) is 0. The second kappa shape index (κ2) is 6.78. The van der Waals surface area contributed by atoms with Crippen molar-refractivity contribution in [2.75, 3.05) is 12.4 Å². The van der Waals surface area contributed by atoms with Crippen molar-refractivity contribution >= 4 is 17.3 Å². The summed E-state index contributed by atoms with van der Waals surface area (Å²) in [5.74, 6) is 0.208. The molecule has 0 saturated carbocycles. The third-order valence-corrected chi connectivity index (χ3v) is 3.57. The van der Waals surface area contributed by atoms with Gasteiger partial charge in [0.2, 0.25) is 0 Å². The number of ether oxygens (including phenoxy) is 1. The summed E-state index contributed by atoms with van der Waals surface area (Å²) in [5.41, 5.74) is 2.42. The van der Waals surface area contributed by atoms with Crippen LogP contribution in [-0.2, 0) is 6.61 Å². The average molecular weight is 310 g/mol. The first-order valence-corrected chi connectivity index (χ1v) is 6.92. The lowest BCUT2D eigenvalue weighted by Crippen LogP contribution is -2.07. The summed E-state index contributed by atoms with van der Waals surface area (Å²) in [6, 6.07) is 10.1. The molecule has 0 saturated heterocycles. The van der Waals surface area contributed by atoms with Gasteiger partial charge in [0.1, 0.15) is 11.6 Å². The van der Waals surface area contributed by atoms with Crippen LogP contribution >= 0.6 is 11.6 Å². The maximum absolute atomic E-state index is 13.2. The highest BCUT2D eigenvalue weighted by Gasteiger charge is 2.10. The van der Waals surface area contributed by atoms with Crippen LogP contribution in [0.25, 0.3) is 0 Å². The van der Waals surface area contributed by atoms with Gasteiger partial charge in [0, 0.05) is 17.3 Å². The van der Waals surface area contributed by atoms with E-state index in [0.29, 0.717) is 11.3 Å². The molecule has 0 fully saturated rings. The fourth-order valence-electron chi connectivity index (χ4n) is 2.11. The van der Waals surface area contributed by atoms with Crippen LogP contribution in [0.15, 0.2) is 36.4 Å². The molecule has 0 radical (unpaired) electrons. The van der Waals surface area contributed by atoms with Gasteiger partial charge in [-0.05, 0) is 42.8 Å². The number of aliphatic hydroxyl groups excluding tert-OH is 1. The lowest BCUT2D eigenvalue weighted by atomic mass is 10.1. The number of aliphatic hydroxyl groups is 1. The number of rotatable bonds is 5. The van der Waals surface area contributed by atoms with Crippen molar-refractivity contribution in [2.45, 2.75) is 19.6 Å². The number of halogens is 2. The van der Waals surface area contributed by atoms with Crippen LogP contribution in [0.3, 0.4) is 0 Å². The Hall–Kier alpha value is -1.78. The van der Waals surface area contributed by atoms with Crippen molar-refractivity contribution in [3.05, 3.63) is 58.4 Å². The van der Waals surface area contributed by atoms with Gasteiger partial charge in [0.05, 0.1) is 18.7 Å². The Labute approximate surface area is 128 Å². The molecule has 2 rings (SSSR count). The van der Waals surface area contributed by atoms with Crippen molar-refractivity contribution in [3.63, 3.8) is 0 Å². The largest absolute Gasteiger partial charge is 0.496 e. The quantitative estimate of drug-likeness (QED) is 0.871. The van der Waals surface area contributed by atoms with Crippen LogP contribution in [-0.4, -0.2) is 12.2 Å². The Balaban J connectivity index is 2.18. The molecular weight excluding hydrogens is 293 g/mol. The summed E-state index contributed by atoms with van der Waals surface area (Å²) >= 11 is 5.80. The molecule has 21 heavy (non-hydrogen) atoms. The van der Waals surface area contributed by atoms with Crippen LogP contribution in [0.5, 0.6) is 5.75 Å². The summed E-state index contributed by atoms with van der Waals surface area (Å²) in [7, 11) is 1.56. The third-order valence-electron chi connectivity index (χ3n) is 3.28. The Kier molecular flexibility index (Phi) is 5.04. The molecule has 0 amide bonds. The first-order valence-electron chi connectivity index (χ1n) is 6.54. The highest BCUT2D eigenvalue weighted by molar-refractivity contribution is 6.30. The molecule has 0 heterocycles. The molecule has 0 aromatic heterocycles. The van der Waals surface area contributed by atoms with E-state index in [0.717, 1.165) is 11.3 Å². The molecule has 0 aliphatic heterocycles. The average Bonchev–Trinajstić information content (AvgIpc) is 2.49. The van der Waals surface area contributed by atoms with Gasteiger partial charge in [-0.3, -0.25) is 0 Å².